The summed E-state index contributed by atoms with van der Waals surface area (Å²) >= 11 is 11.2. The van der Waals surface area contributed by atoms with Crippen molar-refractivity contribution in [3.05, 3.63) is 24.4 Å². The molecule has 1 aliphatic rings. The quantitative estimate of drug-likeness (QED) is 0.474. The van der Waals surface area contributed by atoms with Gasteiger partial charge in [-0.2, -0.15) is 0 Å². The highest BCUT2D eigenvalue weighted by Gasteiger charge is 2.32. The minimum absolute atomic E-state index is 0.802. The van der Waals surface area contributed by atoms with Crippen molar-refractivity contribution in [2.75, 3.05) is 0 Å². The SMILES string of the molecule is O=C(O)N1C=CC=CC1(Cl)Cl. The van der Waals surface area contributed by atoms with Crippen molar-refractivity contribution in [3.8, 4) is 0 Å². The zero-order chi connectivity index (χ0) is 8.48. The first-order valence-electron chi connectivity index (χ1n) is 2.80. The van der Waals surface area contributed by atoms with Crippen molar-refractivity contribution >= 4 is 29.3 Å². The van der Waals surface area contributed by atoms with Crippen LogP contribution in [0.25, 0.3) is 0 Å². The largest absolute Gasteiger partial charge is 0.465 e. The Morgan fingerprint density at radius 1 is 1.45 bits per heavy atom. The number of carbonyl (C=O) groups is 1. The van der Waals surface area contributed by atoms with Gasteiger partial charge < -0.3 is 5.11 Å². The van der Waals surface area contributed by atoms with Gasteiger partial charge in [-0.25, -0.2) is 9.69 Å². The Labute approximate surface area is 73.5 Å². The van der Waals surface area contributed by atoms with E-state index in [-0.39, 0.29) is 0 Å². The average Bonchev–Trinajstić information content (AvgIpc) is 1.85. The molecule has 0 bridgehead atoms. The van der Waals surface area contributed by atoms with Gasteiger partial charge in [0.1, 0.15) is 0 Å². The molecule has 3 nitrogen and oxygen atoms in total. The van der Waals surface area contributed by atoms with Crippen molar-refractivity contribution in [2.45, 2.75) is 4.46 Å². The summed E-state index contributed by atoms with van der Waals surface area (Å²) in [4.78, 5) is 11.2. The molecule has 0 spiro atoms. The molecule has 0 fully saturated rings. The minimum Gasteiger partial charge on any atom is -0.465 e. The van der Waals surface area contributed by atoms with Crippen LogP contribution in [0.5, 0.6) is 0 Å². The maximum atomic E-state index is 10.4. The highest BCUT2D eigenvalue weighted by molar-refractivity contribution is 6.50. The van der Waals surface area contributed by atoms with Crippen LogP contribution in [-0.2, 0) is 0 Å². The summed E-state index contributed by atoms with van der Waals surface area (Å²) in [5.41, 5.74) is 0. The van der Waals surface area contributed by atoms with E-state index in [1.54, 1.807) is 6.08 Å². The van der Waals surface area contributed by atoms with Crippen LogP contribution in [0.4, 0.5) is 4.79 Å². The standard InChI is InChI=1S/C6H5Cl2NO2/c7-6(8)3-1-2-4-9(6)5(10)11/h1-4H,(H,10,11). The second kappa shape index (κ2) is 2.75. The third kappa shape index (κ3) is 1.67. The zero-order valence-electron chi connectivity index (χ0n) is 5.37. The van der Waals surface area contributed by atoms with Gasteiger partial charge in [-0.3, -0.25) is 0 Å². The highest BCUT2D eigenvalue weighted by Crippen LogP contribution is 2.30. The van der Waals surface area contributed by atoms with Crippen LogP contribution in [0.3, 0.4) is 0 Å². The second-order valence-electron chi connectivity index (χ2n) is 1.94. The molecule has 0 aromatic rings. The lowest BCUT2D eigenvalue weighted by Crippen LogP contribution is -2.38. The number of hydrogen-bond acceptors (Lipinski definition) is 1. The molecule has 0 aliphatic carbocycles. The number of carboxylic acid groups (broad SMARTS) is 1. The predicted molar refractivity (Wildman–Crippen MR) is 42.6 cm³/mol. The Morgan fingerprint density at radius 3 is 2.45 bits per heavy atom. The molecule has 0 radical (unpaired) electrons. The summed E-state index contributed by atoms with van der Waals surface area (Å²) in [6, 6.07) is 0. The van der Waals surface area contributed by atoms with E-state index >= 15 is 0 Å². The average molecular weight is 194 g/mol. The van der Waals surface area contributed by atoms with Gasteiger partial charge >= 0.3 is 6.09 Å². The summed E-state index contributed by atoms with van der Waals surface area (Å²) in [5, 5.41) is 8.55. The number of nitrogens with zero attached hydrogens (tertiary/aromatic N) is 1. The Kier molecular flexibility index (Phi) is 2.11. The Balaban J connectivity index is 2.89. The first-order chi connectivity index (χ1) is 5.04. The monoisotopic (exact) mass is 193 g/mol. The van der Waals surface area contributed by atoms with Gasteiger partial charge in [-0.05, 0) is 12.2 Å². The molecule has 1 heterocycles. The summed E-state index contributed by atoms with van der Waals surface area (Å²) in [6.07, 6.45) is 4.61. The molecule has 1 N–H and O–H groups in total. The summed E-state index contributed by atoms with van der Waals surface area (Å²) < 4.78 is -1.47. The molecular weight excluding hydrogens is 189 g/mol. The fourth-order valence-electron chi connectivity index (χ4n) is 0.678. The smallest absolute Gasteiger partial charge is 0.414 e. The van der Waals surface area contributed by atoms with E-state index in [0.717, 1.165) is 4.90 Å². The molecule has 60 valence electrons. The van der Waals surface area contributed by atoms with E-state index in [2.05, 4.69) is 0 Å². The number of halogens is 2. The number of hydrogen-bond donors (Lipinski definition) is 1. The van der Waals surface area contributed by atoms with Crippen LogP contribution in [0.1, 0.15) is 0 Å². The maximum absolute atomic E-state index is 10.4. The molecule has 1 rings (SSSR count). The van der Waals surface area contributed by atoms with Crippen molar-refractivity contribution < 1.29 is 9.90 Å². The number of allylic oxidation sites excluding steroid dienone is 2. The molecule has 5 heteroatoms. The molecule has 1 amide bonds. The van der Waals surface area contributed by atoms with Crippen LogP contribution in [-0.4, -0.2) is 20.6 Å². The van der Waals surface area contributed by atoms with Crippen molar-refractivity contribution in [3.63, 3.8) is 0 Å². The van der Waals surface area contributed by atoms with E-state index in [1.165, 1.54) is 18.4 Å². The van der Waals surface area contributed by atoms with Crippen molar-refractivity contribution in [1.29, 1.82) is 0 Å². The molecule has 0 saturated heterocycles. The van der Waals surface area contributed by atoms with E-state index < -0.39 is 10.6 Å². The third-order valence-corrected chi connectivity index (χ3v) is 1.79. The topological polar surface area (TPSA) is 40.5 Å². The predicted octanol–water partition coefficient (Wildman–Crippen LogP) is 2.18. The van der Waals surface area contributed by atoms with E-state index in [4.69, 9.17) is 28.3 Å². The van der Waals surface area contributed by atoms with E-state index in [1.807, 2.05) is 0 Å². The van der Waals surface area contributed by atoms with Crippen molar-refractivity contribution in [2.24, 2.45) is 0 Å². The van der Waals surface area contributed by atoms with Crippen molar-refractivity contribution in [1.82, 2.24) is 4.90 Å². The molecule has 0 unspecified atom stereocenters. The lowest BCUT2D eigenvalue weighted by atomic mass is 10.3. The minimum atomic E-state index is -1.47. The Bertz CT molecular complexity index is 235. The van der Waals surface area contributed by atoms with Crippen LogP contribution in [0.2, 0.25) is 0 Å². The molecule has 0 aromatic carbocycles. The highest BCUT2D eigenvalue weighted by atomic mass is 35.5. The fraction of sp³-hybridized carbons (Fsp3) is 0.167. The van der Waals surface area contributed by atoms with Gasteiger partial charge in [-0.15, -0.1) is 0 Å². The van der Waals surface area contributed by atoms with Gasteiger partial charge in [0, 0.05) is 6.20 Å². The molecular formula is C6H5Cl2NO2. The summed E-state index contributed by atoms with van der Waals surface area (Å²) in [6.45, 7) is 0. The first-order valence-corrected chi connectivity index (χ1v) is 3.56. The first kappa shape index (κ1) is 8.43. The molecule has 0 saturated carbocycles. The van der Waals surface area contributed by atoms with Gasteiger partial charge in [0.15, 0.2) is 0 Å². The molecule has 1 aliphatic heterocycles. The Morgan fingerprint density at radius 2 is 2.09 bits per heavy atom. The van der Waals surface area contributed by atoms with E-state index in [0.29, 0.717) is 0 Å². The number of rotatable bonds is 0. The van der Waals surface area contributed by atoms with Gasteiger partial charge in [-0.1, -0.05) is 29.3 Å². The van der Waals surface area contributed by atoms with Crippen LogP contribution < -0.4 is 0 Å². The lowest BCUT2D eigenvalue weighted by molar-refractivity contribution is 0.159. The Hall–Kier alpha value is -0.670. The third-order valence-electron chi connectivity index (χ3n) is 1.17. The fourth-order valence-corrected chi connectivity index (χ4v) is 1.08. The van der Waals surface area contributed by atoms with Crippen LogP contribution in [0, 0.1) is 0 Å². The summed E-state index contributed by atoms with van der Waals surface area (Å²) in [7, 11) is 0. The molecule has 0 atom stereocenters. The normalized spacial score (nSPS) is 20.4. The van der Waals surface area contributed by atoms with Gasteiger partial charge in [0.2, 0.25) is 4.46 Å². The van der Waals surface area contributed by atoms with Crippen LogP contribution >= 0.6 is 23.2 Å². The number of amides is 1. The maximum Gasteiger partial charge on any atom is 0.414 e. The molecule has 11 heavy (non-hydrogen) atoms. The van der Waals surface area contributed by atoms with Gasteiger partial charge in [0.25, 0.3) is 0 Å². The number of alkyl halides is 2. The van der Waals surface area contributed by atoms with Crippen LogP contribution in [0.15, 0.2) is 24.4 Å². The van der Waals surface area contributed by atoms with Gasteiger partial charge in [0.05, 0.1) is 0 Å². The second-order valence-corrected chi connectivity index (χ2v) is 3.29. The van der Waals surface area contributed by atoms with E-state index in [9.17, 15) is 4.79 Å². The molecule has 0 aromatic heterocycles. The lowest BCUT2D eigenvalue weighted by Gasteiger charge is -2.27. The zero-order valence-corrected chi connectivity index (χ0v) is 6.88. The summed E-state index contributed by atoms with van der Waals surface area (Å²) in [5.74, 6) is 0.